The third kappa shape index (κ3) is 5.02. The predicted molar refractivity (Wildman–Crippen MR) is 170 cm³/mol. The van der Waals surface area contributed by atoms with Gasteiger partial charge in [-0.15, -0.1) is 22.1 Å². The largest absolute Gasteiger partial charge is 2.00 e. The topological polar surface area (TPSA) is 71.1 Å². The molecule has 5 aromatic rings. The Morgan fingerprint density at radius 3 is 1.64 bits per heavy atom. The molecule has 0 spiro atoms. The number of halogens is 1. The van der Waals surface area contributed by atoms with Crippen LogP contribution in [0.3, 0.4) is 0 Å². The summed E-state index contributed by atoms with van der Waals surface area (Å²) in [5.74, 6) is 0. The van der Waals surface area contributed by atoms with Crippen molar-refractivity contribution in [1.29, 1.82) is 0 Å². The van der Waals surface area contributed by atoms with Crippen LogP contribution in [0.1, 0.15) is 28.3 Å². The summed E-state index contributed by atoms with van der Waals surface area (Å²) < 4.78 is 0.809. The van der Waals surface area contributed by atoms with Crippen molar-refractivity contribution in [3.8, 4) is 22.3 Å². The van der Waals surface area contributed by atoms with E-state index in [1.54, 1.807) is 6.08 Å². The number of allylic oxidation sites excluding steroid dienone is 1. The molecular formula is C35H21BrN4NiO. The minimum atomic E-state index is 0. The van der Waals surface area contributed by atoms with Crippen LogP contribution in [0.2, 0.25) is 0 Å². The first-order valence-electron chi connectivity index (χ1n) is 13.1. The zero-order chi connectivity index (χ0) is 27.8. The molecule has 0 saturated carbocycles. The summed E-state index contributed by atoms with van der Waals surface area (Å²) in [7, 11) is 0. The van der Waals surface area contributed by atoms with Crippen molar-refractivity contribution >= 4 is 74.7 Å². The average Bonchev–Trinajstić information content (AvgIpc) is 3.83. The van der Waals surface area contributed by atoms with E-state index in [4.69, 9.17) is 19.9 Å². The summed E-state index contributed by atoms with van der Waals surface area (Å²) in [5.41, 5.74) is 10.8. The van der Waals surface area contributed by atoms with Crippen LogP contribution in [0.5, 0.6) is 0 Å². The number of hydrogen-bond donors (Lipinski definition) is 0. The number of aromatic nitrogens is 4. The molecule has 0 aliphatic carbocycles. The summed E-state index contributed by atoms with van der Waals surface area (Å²) in [6.45, 7) is 0. The van der Waals surface area contributed by atoms with Gasteiger partial charge in [0, 0.05) is 4.47 Å². The Hall–Kier alpha value is -4.58. The van der Waals surface area contributed by atoms with Crippen LogP contribution < -0.4 is 9.97 Å². The Kier molecular flexibility index (Phi) is 7.70. The summed E-state index contributed by atoms with van der Waals surface area (Å²) in [4.78, 5) is 31.5. The van der Waals surface area contributed by atoms with Crippen LogP contribution in [0.4, 0.5) is 0 Å². The molecule has 5 nitrogen and oxygen atoms in total. The predicted octanol–water partition coefficient (Wildman–Crippen LogP) is 8.22. The normalized spacial score (nSPS) is 12.0. The van der Waals surface area contributed by atoms with E-state index >= 15 is 0 Å². The molecule has 3 aromatic heterocycles. The second-order valence-electron chi connectivity index (χ2n) is 9.57. The van der Waals surface area contributed by atoms with Gasteiger partial charge in [-0.05, 0) is 74.1 Å². The van der Waals surface area contributed by atoms with Crippen molar-refractivity contribution in [3.05, 3.63) is 124 Å². The van der Waals surface area contributed by atoms with E-state index in [9.17, 15) is 4.79 Å². The van der Waals surface area contributed by atoms with Crippen molar-refractivity contribution in [2.24, 2.45) is 0 Å². The Morgan fingerprint density at radius 1 is 0.571 bits per heavy atom. The van der Waals surface area contributed by atoms with Gasteiger partial charge in [-0.1, -0.05) is 91.0 Å². The van der Waals surface area contributed by atoms with E-state index in [0.29, 0.717) is 0 Å². The van der Waals surface area contributed by atoms with Gasteiger partial charge in [-0.2, -0.15) is 0 Å². The SMILES string of the molecule is O=C/C=C/c1c2nc(c(-c3ccccc3)c3ccc([n-]3)c(Br)c3nc(c(-c4ccccc4)c4ccc1[n-]4)C=C3)C=C2.[Ni+2]. The second kappa shape index (κ2) is 11.7. The molecular weight excluding hydrogens is 631 g/mol. The van der Waals surface area contributed by atoms with Crippen molar-refractivity contribution in [1.82, 2.24) is 19.9 Å². The number of fused-ring (bicyclic) bond motifs is 8. The molecule has 7 heteroatoms. The molecule has 2 aliphatic rings. The van der Waals surface area contributed by atoms with Crippen molar-refractivity contribution < 1.29 is 21.3 Å². The van der Waals surface area contributed by atoms with Gasteiger partial charge in [0.1, 0.15) is 6.29 Å². The third-order valence-electron chi connectivity index (χ3n) is 7.05. The zero-order valence-corrected chi connectivity index (χ0v) is 24.6. The first kappa shape index (κ1) is 27.6. The maximum absolute atomic E-state index is 11.4. The Bertz CT molecular complexity index is 2040. The molecule has 204 valence electrons. The summed E-state index contributed by atoms with van der Waals surface area (Å²) in [6, 6.07) is 28.2. The van der Waals surface area contributed by atoms with Crippen molar-refractivity contribution in [2.45, 2.75) is 0 Å². The molecule has 2 aromatic carbocycles. The van der Waals surface area contributed by atoms with Crippen LogP contribution in [0.15, 0.2) is 95.5 Å². The summed E-state index contributed by atoms with van der Waals surface area (Å²) in [6.07, 6.45) is 12.0. The molecule has 0 saturated heterocycles. The fourth-order valence-corrected chi connectivity index (χ4v) is 5.62. The zero-order valence-electron chi connectivity index (χ0n) is 22.0. The maximum Gasteiger partial charge on any atom is 2.00 e. The third-order valence-corrected chi connectivity index (χ3v) is 7.86. The van der Waals surface area contributed by atoms with Gasteiger partial charge in [0.2, 0.25) is 0 Å². The van der Waals surface area contributed by atoms with Crippen molar-refractivity contribution in [2.75, 3.05) is 0 Å². The van der Waals surface area contributed by atoms with Crippen LogP contribution in [0, 0.1) is 0 Å². The van der Waals surface area contributed by atoms with E-state index in [2.05, 4.69) is 40.2 Å². The minimum Gasteiger partial charge on any atom is -0.657 e. The number of hydrogen-bond acceptors (Lipinski definition) is 3. The van der Waals surface area contributed by atoms with Crippen LogP contribution in [0.25, 0.3) is 74.7 Å². The van der Waals surface area contributed by atoms with Gasteiger partial charge in [0.05, 0.1) is 22.8 Å². The van der Waals surface area contributed by atoms with Gasteiger partial charge >= 0.3 is 16.5 Å². The van der Waals surface area contributed by atoms with Gasteiger partial charge in [0.15, 0.2) is 0 Å². The van der Waals surface area contributed by atoms with Gasteiger partial charge in [-0.3, -0.25) is 4.79 Å². The molecule has 2 aliphatic heterocycles. The van der Waals surface area contributed by atoms with E-state index < -0.39 is 0 Å². The fourth-order valence-electron chi connectivity index (χ4n) is 5.18. The molecule has 0 N–H and O–H groups in total. The average molecular weight is 652 g/mol. The molecule has 42 heavy (non-hydrogen) atoms. The molecule has 0 radical (unpaired) electrons. The van der Waals surface area contributed by atoms with E-state index in [-0.39, 0.29) is 16.5 Å². The Balaban J connectivity index is 0.00000316. The van der Waals surface area contributed by atoms with Gasteiger partial charge in [0.25, 0.3) is 0 Å². The van der Waals surface area contributed by atoms with Gasteiger partial charge in [-0.25, -0.2) is 9.97 Å². The molecule has 5 heterocycles. The Morgan fingerprint density at radius 2 is 1.05 bits per heavy atom. The Labute approximate surface area is 260 Å². The molecule has 8 bridgehead atoms. The number of aldehydes is 1. The van der Waals surface area contributed by atoms with E-state index in [1.165, 1.54) is 6.08 Å². The summed E-state index contributed by atoms with van der Waals surface area (Å²) in [5, 5.41) is 0. The molecule has 0 unspecified atom stereocenters. The number of carbonyl (C=O) groups is 1. The maximum atomic E-state index is 11.4. The van der Waals surface area contributed by atoms with E-state index in [1.807, 2.05) is 85.0 Å². The second-order valence-corrected chi connectivity index (χ2v) is 10.4. The van der Waals surface area contributed by atoms with Crippen molar-refractivity contribution in [3.63, 3.8) is 0 Å². The monoisotopic (exact) mass is 650 g/mol. The molecule has 7 rings (SSSR count). The fraction of sp³-hybridized carbons (Fsp3) is 0. The number of carbonyl (C=O) groups excluding carboxylic acids is 1. The first-order valence-corrected chi connectivity index (χ1v) is 13.9. The first-order chi connectivity index (χ1) is 20.2. The number of nitrogens with zero attached hydrogens (tertiary/aromatic N) is 4. The van der Waals surface area contributed by atoms with Crippen LogP contribution >= 0.6 is 15.9 Å². The minimum absolute atomic E-state index is 0. The molecule has 0 fully saturated rings. The van der Waals surface area contributed by atoms with E-state index in [0.717, 1.165) is 83.4 Å². The number of rotatable bonds is 4. The molecule has 0 atom stereocenters. The molecule has 0 amide bonds. The van der Waals surface area contributed by atoms with Gasteiger partial charge < -0.3 is 9.97 Å². The van der Waals surface area contributed by atoms with Crippen LogP contribution in [-0.2, 0) is 21.3 Å². The summed E-state index contributed by atoms with van der Waals surface area (Å²) >= 11 is 3.78. The number of benzene rings is 2. The standard InChI is InChI=1S/C35H22BrN4O.Ni/c36-35-31-19-17-29(39-31)33(22-8-3-1-4-9-22)27-15-13-25(37-27)24(12-7-21-41)26-14-16-28(38-26)34(23-10-5-2-6-11-23)30-18-20-32(35)40-30;/h1-21H,(H-,37,38,39,40,41);/q-1;+2/p-1. The quantitative estimate of drug-likeness (QED) is 0.109. The van der Waals surface area contributed by atoms with Crippen LogP contribution in [-0.4, -0.2) is 16.3 Å². The smallest absolute Gasteiger partial charge is 0.657 e.